The topological polar surface area (TPSA) is 142 Å². The Morgan fingerprint density at radius 1 is 1.03 bits per heavy atom. The first-order chi connectivity index (χ1) is 17.8. The molecule has 2 aromatic carbocycles. The molecule has 184 valence electrons. The number of nitrogens with two attached hydrogens (primary N) is 2. The van der Waals surface area contributed by atoms with Gasteiger partial charge in [0.05, 0.1) is 17.0 Å². The van der Waals surface area contributed by atoms with Crippen LogP contribution >= 0.6 is 0 Å². The van der Waals surface area contributed by atoms with Gasteiger partial charge in [-0.15, -0.1) is 0 Å². The molecule has 0 aliphatic rings. The van der Waals surface area contributed by atoms with Crippen molar-refractivity contribution in [3.63, 3.8) is 0 Å². The number of hydrogen-bond acceptors (Lipinski definition) is 7. The number of nitrogens with zero attached hydrogens (tertiary/aromatic N) is 4. The lowest BCUT2D eigenvalue weighted by molar-refractivity contribution is 0.100. The molecule has 37 heavy (non-hydrogen) atoms. The van der Waals surface area contributed by atoms with Crippen molar-refractivity contribution in [1.29, 1.82) is 0 Å². The van der Waals surface area contributed by atoms with Gasteiger partial charge in [-0.25, -0.2) is 4.98 Å². The Hall–Kier alpha value is -5.05. The van der Waals surface area contributed by atoms with Crippen LogP contribution in [-0.2, 0) is 0 Å². The minimum Gasteiger partial charge on any atom is -0.368 e. The Morgan fingerprint density at radius 2 is 1.81 bits per heavy atom. The van der Waals surface area contributed by atoms with Crippen LogP contribution in [0.25, 0.3) is 27.6 Å². The lowest BCUT2D eigenvalue weighted by atomic mass is 9.98. The van der Waals surface area contributed by atoms with E-state index in [0.29, 0.717) is 16.8 Å². The maximum Gasteiger partial charge on any atom is 0.263 e. The van der Waals surface area contributed by atoms with Crippen molar-refractivity contribution >= 4 is 28.4 Å². The summed E-state index contributed by atoms with van der Waals surface area (Å²) in [6.45, 7) is 3.79. The monoisotopic (exact) mass is 491 g/mol. The van der Waals surface area contributed by atoms with Crippen LogP contribution in [0, 0.1) is 6.92 Å². The van der Waals surface area contributed by atoms with Crippen molar-refractivity contribution < 1.29 is 4.79 Å². The van der Waals surface area contributed by atoms with Gasteiger partial charge in [0.1, 0.15) is 5.82 Å². The Labute approximate surface area is 212 Å². The highest BCUT2D eigenvalue weighted by molar-refractivity contribution is 5.98. The maximum absolute atomic E-state index is 14.2. The zero-order valence-electron chi connectivity index (χ0n) is 20.3. The number of nitrogen functional groups attached to an aromatic ring is 1. The van der Waals surface area contributed by atoms with Crippen LogP contribution in [0.1, 0.15) is 34.7 Å². The van der Waals surface area contributed by atoms with Crippen LogP contribution < -0.4 is 22.3 Å². The SMILES string of the molecule is Cc1cc(-c2cccc3cc([C@H](C)Nc4nc(N)ncc4C(N)=O)n(-c4ccccc4)c(=O)c23)ccn1. The molecule has 0 saturated heterocycles. The molecule has 9 heteroatoms. The summed E-state index contributed by atoms with van der Waals surface area (Å²) in [4.78, 5) is 38.5. The number of carbonyl (C=O) groups excluding carboxylic acids is 1. The number of nitrogens with one attached hydrogen (secondary N) is 1. The number of para-hydroxylation sites is 1. The van der Waals surface area contributed by atoms with Gasteiger partial charge in [-0.05, 0) is 60.7 Å². The Morgan fingerprint density at radius 3 is 2.54 bits per heavy atom. The molecule has 9 nitrogen and oxygen atoms in total. The highest BCUT2D eigenvalue weighted by Gasteiger charge is 2.21. The van der Waals surface area contributed by atoms with Gasteiger partial charge in [0.15, 0.2) is 0 Å². The molecule has 0 radical (unpaired) electrons. The normalized spacial score (nSPS) is 11.8. The fourth-order valence-electron chi connectivity index (χ4n) is 4.46. The highest BCUT2D eigenvalue weighted by Crippen LogP contribution is 2.30. The van der Waals surface area contributed by atoms with E-state index in [4.69, 9.17) is 11.5 Å². The third-order valence-corrected chi connectivity index (χ3v) is 6.17. The van der Waals surface area contributed by atoms with Crippen LogP contribution in [0.4, 0.5) is 11.8 Å². The van der Waals surface area contributed by atoms with Gasteiger partial charge in [-0.2, -0.15) is 4.98 Å². The van der Waals surface area contributed by atoms with Gasteiger partial charge in [-0.3, -0.25) is 19.1 Å². The second kappa shape index (κ2) is 9.54. The number of amides is 1. The van der Waals surface area contributed by atoms with Crippen molar-refractivity contribution in [2.75, 3.05) is 11.1 Å². The third kappa shape index (κ3) is 4.50. The molecule has 0 unspecified atom stereocenters. The molecule has 0 spiro atoms. The van der Waals surface area contributed by atoms with E-state index >= 15 is 0 Å². The number of anilines is 2. The molecule has 0 fully saturated rings. The molecule has 5 aromatic rings. The second-order valence-corrected chi connectivity index (χ2v) is 8.72. The number of rotatable bonds is 6. The second-order valence-electron chi connectivity index (χ2n) is 8.72. The Bertz CT molecular complexity index is 1700. The number of primary amides is 1. The number of aromatic nitrogens is 4. The first-order valence-corrected chi connectivity index (χ1v) is 11.7. The predicted octanol–water partition coefficient (Wildman–Crippen LogP) is 4.01. The van der Waals surface area contributed by atoms with E-state index in [2.05, 4.69) is 20.3 Å². The van der Waals surface area contributed by atoms with E-state index in [1.807, 2.05) is 80.6 Å². The van der Waals surface area contributed by atoms with E-state index in [-0.39, 0.29) is 22.9 Å². The van der Waals surface area contributed by atoms with Gasteiger partial charge in [0.2, 0.25) is 5.95 Å². The maximum atomic E-state index is 14.2. The predicted molar refractivity (Wildman–Crippen MR) is 145 cm³/mol. The average Bonchev–Trinajstić information content (AvgIpc) is 2.88. The summed E-state index contributed by atoms with van der Waals surface area (Å²) in [5, 5.41) is 4.58. The molecule has 1 atom stereocenters. The molecule has 0 bridgehead atoms. The summed E-state index contributed by atoms with van der Waals surface area (Å²) in [7, 11) is 0. The van der Waals surface area contributed by atoms with Gasteiger partial charge < -0.3 is 16.8 Å². The summed E-state index contributed by atoms with van der Waals surface area (Å²) >= 11 is 0. The van der Waals surface area contributed by atoms with E-state index in [0.717, 1.165) is 22.2 Å². The molecule has 3 heterocycles. The quantitative estimate of drug-likeness (QED) is 0.326. The standard InChI is InChI=1S/C28H25N7O2/c1-16-13-18(11-12-31-16)21-10-6-7-19-14-23(35(27(37)24(19)21)20-8-4-3-5-9-20)17(2)33-26-22(25(29)36)15-32-28(30)34-26/h3-15,17H,1-2H3,(H2,29,36)(H3,30,32,33,34)/t17-/m0/s1. The minimum absolute atomic E-state index is 0.00375. The van der Waals surface area contributed by atoms with Crippen LogP contribution in [0.5, 0.6) is 0 Å². The van der Waals surface area contributed by atoms with Gasteiger partial charge >= 0.3 is 0 Å². The molecule has 0 saturated carbocycles. The summed E-state index contributed by atoms with van der Waals surface area (Å²) in [6, 6.07) is 20.5. The smallest absolute Gasteiger partial charge is 0.263 e. The van der Waals surface area contributed by atoms with Crippen LogP contribution in [0.3, 0.4) is 0 Å². The average molecular weight is 492 g/mol. The molecule has 3 aromatic heterocycles. The van der Waals surface area contributed by atoms with Crippen molar-refractivity contribution in [3.05, 3.63) is 106 Å². The lowest BCUT2D eigenvalue weighted by Gasteiger charge is -2.22. The van der Waals surface area contributed by atoms with Crippen LogP contribution in [-0.4, -0.2) is 25.4 Å². The molecule has 5 N–H and O–H groups in total. The zero-order valence-corrected chi connectivity index (χ0v) is 20.3. The number of fused-ring (bicyclic) bond motifs is 1. The fourth-order valence-corrected chi connectivity index (χ4v) is 4.46. The fraction of sp³-hybridized carbons (Fsp3) is 0.107. The number of carbonyl (C=O) groups is 1. The van der Waals surface area contributed by atoms with E-state index in [9.17, 15) is 9.59 Å². The summed E-state index contributed by atoms with van der Waals surface area (Å²) in [5.74, 6) is -0.498. The third-order valence-electron chi connectivity index (χ3n) is 6.17. The van der Waals surface area contributed by atoms with Crippen molar-refractivity contribution in [1.82, 2.24) is 19.5 Å². The van der Waals surface area contributed by atoms with Crippen LogP contribution in [0.15, 0.2) is 83.9 Å². The lowest BCUT2D eigenvalue weighted by Crippen LogP contribution is -2.26. The number of benzene rings is 2. The molecule has 0 aliphatic carbocycles. The molecule has 1 amide bonds. The minimum atomic E-state index is -0.689. The van der Waals surface area contributed by atoms with E-state index in [1.165, 1.54) is 6.20 Å². The first-order valence-electron chi connectivity index (χ1n) is 11.7. The Balaban J connectivity index is 1.74. The number of hydrogen-bond donors (Lipinski definition) is 3. The van der Waals surface area contributed by atoms with E-state index < -0.39 is 11.9 Å². The highest BCUT2D eigenvalue weighted by atomic mass is 16.1. The van der Waals surface area contributed by atoms with Gasteiger partial charge in [0, 0.05) is 29.5 Å². The Kier molecular flexibility index (Phi) is 6.10. The number of aryl methyl sites for hydroxylation is 1. The molecule has 5 rings (SSSR count). The largest absolute Gasteiger partial charge is 0.368 e. The summed E-state index contributed by atoms with van der Waals surface area (Å²) in [5.41, 5.74) is 15.2. The molecule has 0 aliphatic heterocycles. The van der Waals surface area contributed by atoms with Gasteiger partial charge in [-0.1, -0.05) is 36.4 Å². The summed E-state index contributed by atoms with van der Waals surface area (Å²) < 4.78 is 1.67. The van der Waals surface area contributed by atoms with Crippen molar-refractivity contribution in [3.8, 4) is 16.8 Å². The number of pyridine rings is 2. The van der Waals surface area contributed by atoms with Gasteiger partial charge in [0.25, 0.3) is 11.5 Å². The molecular weight excluding hydrogens is 466 g/mol. The zero-order chi connectivity index (χ0) is 26.1. The molecular formula is C28H25N7O2. The van der Waals surface area contributed by atoms with Crippen LogP contribution in [0.2, 0.25) is 0 Å². The van der Waals surface area contributed by atoms with E-state index in [1.54, 1.807) is 10.8 Å². The van der Waals surface area contributed by atoms with Crippen molar-refractivity contribution in [2.45, 2.75) is 19.9 Å². The van der Waals surface area contributed by atoms with Crippen molar-refractivity contribution in [2.24, 2.45) is 5.73 Å². The summed E-state index contributed by atoms with van der Waals surface area (Å²) in [6.07, 6.45) is 3.02. The first kappa shape index (κ1) is 23.7.